The Morgan fingerprint density at radius 1 is 1.27 bits per heavy atom. The second kappa shape index (κ2) is 6.92. The normalized spacial score (nSPS) is 18.9. The van der Waals surface area contributed by atoms with Gasteiger partial charge in [0.1, 0.15) is 5.60 Å². The van der Waals surface area contributed by atoms with E-state index in [9.17, 15) is 9.59 Å². The summed E-state index contributed by atoms with van der Waals surface area (Å²) < 4.78 is 11.0. The first-order valence-corrected chi connectivity index (χ1v) is 7.53. The number of nitrogens with zero attached hydrogens (tertiary/aromatic N) is 1. The van der Waals surface area contributed by atoms with E-state index in [-0.39, 0.29) is 24.4 Å². The van der Waals surface area contributed by atoms with Gasteiger partial charge >= 0.3 is 6.09 Å². The van der Waals surface area contributed by atoms with E-state index in [1.165, 1.54) is 0 Å². The number of Topliss-reactive ketones (excluding diaryl/α,β-unsaturated/α-hetero) is 1. The van der Waals surface area contributed by atoms with Crippen molar-refractivity contribution in [2.75, 3.05) is 19.7 Å². The van der Waals surface area contributed by atoms with Crippen LogP contribution >= 0.6 is 0 Å². The Morgan fingerprint density at radius 2 is 1.95 bits per heavy atom. The minimum Gasteiger partial charge on any atom is -0.444 e. The molecule has 0 aromatic heterocycles. The van der Waals surface area contributed by atoms with Gasteiger partial charge < -0.3 is 14.4 Å². The van der Waals surface area contributed by atoms with E-state index in [0.29, 0.717) is 25.3 Å². The quantitative estimate of drug-likeness (QED) is 0.806. The van der Waals surface area contributed by atoms with Gasteiger partial charge in [0, 0.05) is 18.5 Å². The SMILES string of the molecule is CC(C)(C)OC(=O)N1CCOC(CC(=O)c2ccccc2)C1. The number of carbonyl (C=O) groups excluding carboxylic acids is 2. The molecule has 1 aromatic carbocycles. The summed E-state index contributed by atoms with van der Waals surface area (Å²) in [5.74, 6) is 0.0247. The number of amides is 1. The Balaban J connectivity index is 1.91. The molecule has 1 amide bonds. The second-order valence-electron chi connectivity index (χ2n) is 6.41. The lowest BCUT2D eigenvalue weighted by Gasteiger charge is -2.34. The predicted octanol–water partition coefficient (Wildman–Crippen LogP) is 2.90. The number of ketones is 1. The first-order chi connectivity index (χ1) is 10.3. The smallest absolute Gasteiger partial charge is 0.410 e. The Hall–Kier alpha value is -1.88. The molecule has 5 heteroatoms. The van der Waals surface area contributed by atoms with E-state index < -0.39 is 5.60 Å². The highest BCUT2D eigenvalue weighted by molar-refractivity contribution is 5.96. The van der Waals surface area contributed by atoms with Crippen LogP contribution in [0.25, 0.3) is 0 Å². The van der Waals surface area contributed by atoms with Gasteiger partial charge in [-0.1, -0.05) is 30.3 Å². The molecule has 0 N–H and O–H groups in total. The highest BCUT2D eigenvalue weighted by Gasteiger charge is 2.29. The molecule has 0 bridgehead atoms. The largest absolute Gasteiger partial charge is 0.444 e. The summed E-state index contributed by atoms with van der Waals surface area (Å²) in [5.41, 5.74) is 0.144. The number of benzene rings is 1. The van der Waals surface area contributed by atoms with Crippen LogP contribution in [0, 0.1) is 0 Å². The fourth-order valence-corrected chi connectivity index (χ4v) is 2.28. The third-order valence-corrected chi connectivity index (χ3v) is 3.30. The maximum Gasteiger partial charge on any atom is 0.410 e. The molecular formula is C17H23NO4. The lowest BCUT2D eigenvalue weighted by molar-refractivity contribution is -0.0420. The Morgan fingerprint density at radius 3 is 2.59 bits per heavy atom. The number of hydrogen-bond donors (Lipinski definition) is 0. The van der Waals surface area contributed by atoms with Gasteiger partial charge in [0.2, 0.25) is 0 Å². The molecule has 1 fully saturated rings. The van der Waals surface area contributed by atoms with E-state index in [2.05, 4.69) is 0 Å². The van der Waals surface area contributed by atoms with Crippen molar-refractivity contribution < 1.29 is 19.1 Å². The molecule has 1 saturated heterocycles. The molecule has 1 unspecified atom stereocenters. The summed E-state index contributed by atoms with van der Waals surface area (Å²) in [5, 5.41) is 0. The van der Waals surface area contributed by atoms with Crippen LogP contribution in [0.1, 0.15) is 37.6 Å². The Bertz CT molecular complexity index is 521. The number of rotatable bonds is 3. The van der Waals surface area contributed by atoms with E-state index in [0.717, 1.165) is 0 Å². The average Bonchev–Trinajstić information content (AvgIpc) is 2.46. The molecule has 1 atom stereocenters. The number of ether oxygens (including phenoxy) is 2. The number of hydrogen-bond acceptors (Lipinski definition) is 4. The summed E-state index contributed by atoms with van der Waals surface area (Å²) in [6, 6.07) is 9.12. The minimum absolute atomic E-state index is 0.0247. The summed E-state index contributed by atoms with van der Waals surface area (Å²) in [6.45, 7) is 6.80. The highest BCUT2D eigenvalue weighted by Crippen LogP contribution is 2.16. The van der Waals surface area contributed by atoms with Gasteiger partial charge in [-0.3, -0.25) is 4.79 Å². The van der Waals surface area contributed by atoms with Crippen LogP contribution in [0.5, 0.6) is 0 Å². The maximum absolute atomic E-state index is 12.2. The van der Waals surface area contributed by atoms with Crippen LogP contribution in [0.15, 0.2) is 30.3 Å². The fraction of sp³-hybridized carbons (Fsp3) is 0.529. The van der Waals surface area contributed by atoms with Crippen molar-refractivity contribution in [3.05, 3.63) is 35.9 Å². The minimum atomic E-state index is -0.523. The number of morpholine rings is 1. The molecule has 1 aliphatic heterocycles. The van der Waals surface area contributed by atoms with Gasteiger partial charge in [-0.25, -0.2) is 4.79 Å². The van der Waals surface area contributed by atoms with Crippen molar-refractivity contribution in [1.82, 2.24) is 4.90 Å². The molecule has 0 aliphatic carbocycles. The predicted molar refractivity (Wildman–Crippen MR) is 82.9 cm³/mol. The van der Waals surface area contributed by atoms with Crippen LogP contribution in [0.4, 0.5) is 4.79 Å². The molecule has 22 heavy (non-hydrogen) atoms. The summed E-state index contributed by atoms with van der Waals surface area (Å²) >= 11 is 0. The average molecular weight is 305 g/mol. The summed E-state index contributed by atoms with van der Waals surface area (Å²) in [4.78, 5) is 25.9. The third kappa shape index (κ3) is 4.84. The molecule has 0 saturated carbocycles. The zero-order valence-corrected chi connectivity index (χ0v) is 13.4. The molecule has 1 aromatic rings. The van der Waals surface area contributed by atoms with Crippen molar-refractivity contribution in [2.45, 2.75) is 38.9 Å². The molecule has 120 valence electrons. The Kier molecular flexibility index (Phi) is 5.19. The van der Waals surface area contributed by atoms with E-state index >= 15 is 0 Å². The van der Waals surface area contributed by atoms with Gasteiger partial charge in [0.25, 0.3) is 0 Å². The van der Waals surface area contributed by atoms with Crippen molar-refractivity contribution in [3.8, 4) is 0 Å². The van der Waals surface area contributed by atoms with Crippen LogP contribution in [0.3, 0.4) is 0 Å². The zero-order chi connectivity index (χ0) is 16.2. The molecule has 0 spiro atoms. The molecule has 1 heterocycles. The van der Waals surface area contributed by atoms with Gasteiger partial charge in [0.05, 0.1) is 19.3 Å². The molecular weight excluding hydrogens is 282 g/mol. The van der Waals surface area contributed by atoms with Crippen molar-refractivity contribution in [2.24, 2.45) is 0 Å². The molecule has 1 aliphatic rings. The van der Waals surface area contributed by atoms with Crippen molar-refractivity contribution in [1.29, 1.82) is 0 Å². The third-order valence-electron chi connectivity index (χ3n) is 3.30. The summed E-state index contributed by atoms with van der Waals surface area (Å²) in [6.07, 6.45) is -0.370. The van der Waals surface area contributed by atoms with Crippen molar-refractivity contribution >= 4 is 11.9 Å². The van der Waals surface area contributed by atoms with Gasteiger partial charge in [-0.15, -0.1) is 0 Å². The van der Waals surface area contributed by atoms with E-state index in [4.69, 9.17) is 9.47 Å². The number of carbonyl (C=O) groups is 2. The standard InChI is InChI=1S/C17H23NO4/c1-17(2,3)22-16(20)18-9-10-21-14(12-18)11-15(19)13-7-5-4-6-8-13/h4-8,14H,9-12H2,1-3H3. The Labute approximate surface area is 131 Å². The van der Waals surface area contributed by atoms with Gasteiger partial charge in [0.15, 0.2) is 5.78 Å². The monoisotopic (exact) mass is 305 g/mol. The van der Waals surface area contributed by atoms with Crippen LogP contribution < -0.4 is 0 Å². The fourth-order valence-electron chi connectivity index (χ4n) is 2.28. The highest BCUT2D eigenvalue weighted by atomic mass is 16.6. The lowest BCUT2D eigenvalue weighted by atomic mass is 10.0. The topological polar surface area (TPSA) is 55.8 Å². The van der Waals surface area contributed by atoms with Crippen molar-refractivity contribution in [3.63, 3.8) is 0 Å². The zero-order valence-electron chi connectivity index (χ0n) is 13.4. The second-order valence-corrected chi connectivity index (χ2v) is 6.41. The van der Waals surface area contributed by atoms with Crippen LogP contribution in [-0.4, -0.2) is 48.2 Å². The van der Waals surface area contributed by atoms with E-state index in [1.807, 2.05) is 39.0 Å². The van der Waals surface area contributed by atoms with Crippen LogP contribution in [-0.2, 0) is 9.47 Å². The first-order valence-electron chi connectivity index (χ1n) is 7.53. The summed E-state index contributed by atoms with van der Waals surface area (Å²) in [7, 11) is 0. The van der Waals surface area contributed by atoms with Gasteiger partial charge in [-0.2, -0.15) is 0 Å². The maximum atomic E-state index is 12.2. The lowest BCUT2D eigenvalue weighted by Crippen LogP contribution is -2.48. The van der Waals surface area contributed by atoms with E-state index in [1.54, 1.807) is 17.0 Å². The molecule has 5 nitrogen and oxygen atoms in total. The van der Waals surface area contributed by atoms with Crippen LogP contribution in [0.2, 0.25) is 0 Å². The molecule has 0 radical (unpaired) electrons. The first kappa shape index (κ1) is 16.5. The molecule has 2 rings (SSSR count). The van der Waals surface area contributed by atoms with Gasteiger partial charge in [-0.05, 0) is 20.8 Å².